The summed E-state index contributed by atoms with van der Waals surface area (Å²) in [6, 6.07) is 18.2. The van der Waals surface area contributed by atoms with E-state index >= 15 is 0 Å². The normalized spacial score (nSPS) is 28.8. The maximum absolute atomic E-state index is 14.1. The van der Waals surface area contributed by atoms with E-state index in [0.29, 0.717) is 47.0 Å². The van der Waals surface area contributed by atoms with E-state index in [9.17, 15) is 4.57 Å². The fourth-order valence-corrected chi connectivity index (χ4v) is 9.21. The Labute approximate surface area is 272 Å². The van der Waals surface area contributed by atoms with Crippen molar-refractivity contribution >= 4 is 7.82 Å². The van der Waals surface area contributed by atoms with E-state index in [1.54, 1.807) is 29.8 Å². The summed E-state index contributed by atoms with van der Waals surface area (Å²) in [5.41, 5.74) is 4.24. The molecule has 3 aliphatic rings. The fourth-order valence-electron chi connectivity index (χ4n) is 7.79. The lowest BCUT2D eigenvalue weighted by Gasteiger charge is -2.44. The zero-order valence-corrected chi connectivity index (χ0v) is 28.9. The summed E-state index contributed by atoms with van der Waals surface area (Å²) in [7, 11) is -3.96. The Morgan fingerprint density at radius 2 is 1.51 bits per heavy atom. The minimum absolute atomic E-state index is 0.299. The predicted octanol–water partition coefficient (Wildman–Crippen LogP) is 11.9. The Morgan fingerprint density at radius 1 is 0.867 bits per heavy atom. The Bertz CT molecular complexity index is 1380. The van der Waals surface area contributed by atoms with Crippen molar-refractivity contribution in [2.45, 2.75) is 92.1 Å². The molecule has 0 radical (unpaired) electrons. The lowest BCUT2D eigenvalue weighted by molar-refractivity contribution is 0.112. The Kier molecular flexibility index (Phi) is 11.0. The number of rotatable bonds is 11. The molecule has 0 bridgehead atoms. The molecule has 3 fully saturated rings. The van der Waals surface area contributed by atoms with Crippen LogP contribution in [0.4, 0.5) is 0 Å². The van der Waals surface area contributed by atoms with Gasteiger partial charge in [0.15, 0.2) is 0 Å². The van der Waals surface area contributed by atoms with Crippen LogP contribution in [0.25, 0.3) is 0 Å². The van der Waals surface area contributed by atoms with Gasteiger partial charge in [-0.1, -0.05) is 113 Å². The molecule has 45 heavy (non-hydrogen) atoms. The summed E-state index contributed by atoms with van der Waals surface area (Å²) in [4.78, 5) is 0. The topological polar surface area (TPSA) is 44.8 Å². The first-order valence-electron chi connectivity index (χ1n) is 17.1. The van der Waals surface area contributed by atoms with Crippen molar-refractivity contribution in [2.75, 3.05) is 0 Å². The van der Waals surface area contributed by atoms with Crippen LogP contribution in [0.5, 0.6) is 11.5 Å². The molecule has 0 spiro atoms. The fraction of sp³-hybridized carbons (Fsp3) is 0.500. The van der Waals surface area contributed by atoms with Gasteiger partial charge < -0.3 is 9.05 Å². The third-order valence-electron chi connectivity index (χ3n) is 10.8. The molecule has 242 valence electrons. The molecule has 0 aliphatic heterocycles. The van der Waals surface area contributed by atoms with Crippen molar-refractivity contribution < 1.29 is 18.1 Å². The third-order valence-corrected chi connectivity index (χ3v) is 12.2. The van der Waals surface area contributed by atoms with E-state index in [-0.39, 0.29) is 6.10 Å². The van der Waals surface area contributed by atoms with Gasteiger partial charge in [-0.15, -0.1) is 0 Å². The average molecular weight is 629 g/mol. The van der Waals surface area contributed by atoms with Crippen molar-refractivity contribution in [3.63, 3.8) is 0 Å². The number of para-hydroxylation sites is 2. The van der Waals surface area contributed by atoms with E-state index in [2.05, 4.69) is 65.5 Å². The zero-order valence-electron chi connectivity index (χ0n) is 28.0. The molecular weight excluding hydrogens is 575 g/mol. The molecule has 0 unspecified atom stereocenters. The molecule has 0 amide bonds. The molecule has 4 nitrogen and oxygen atoms in total. The van der Waals surface area contributed by atoms with Gasteiger partial charge in [-0.05, 0) is 116 Å². The number of fused-ring (bicyclic) bond motifs is 1. The van der Waals surface area contributed by atoms with Gasteiger partial charge in [0.2, 0.25) is 0 Å². The molecule has 3 aliphatic carbocycles. The summed E-state index contributed by atoms with van der Waals surface area (Å²) >= 11 is 0. The highest BCUT2D eigenvalue weighted by atomic mass is 31.2. The van der Waals surface area contributed by atoms with Crippen molar-refractivity contribution in [3.05, 3.63) is 108 Å². The monoisotopic (exact) mass is 628 g/mol. The van der Waals surface area contributed by atoms with Crippen LogP contribution in [0.2, 0.25) is 0 Å². The van der Waals surface area contributed by atoms with Gasteiger partial charge in [0.1, 0.15) is 11.5 Å². The highest BCUT2D eigenvalue weighted by Gasteiger charge is 2.50. The second-order valence-corrected chi connectivity index (χ2v) is 15.7. The predicted molar refractivity (Wildman–Crippen MR) is 186 cm³/mol. The number of allylic oxidation sites excluding steroid dienone is 6. The standard InChI is InChI=1S/C40H53O4P/c1-29(2)30(3)19-20-32(5)38-25-26-39-33(14-13-27-40(38,39)6)22-23-34-28-37(24-21-31(34)4)44-45(41,42-35-15-9-7-10-16-35)43-36-17-11-8-12-18-36/h7-12,15-20,22-23,29-30,32,37-39H,4,13-14,21,24-28H2,1-3,5-6H3/b20-19+,33-22+,34-23-/t30-,32+,37-,38+,39-,40+/m0/s1. The summed E-state index contributed by atoms with van der Waals surface area (Å²) in [5.74, 6) is 4.15. The largest absolute Gasteiger partial charge is 0.587 e. The first-order valence-corrected chi connectivity index (χ1v) is 18.6. The smallest absolute Gasteiger partial charge is 0.395 e. The summed E-state index contributed by atoms with van der Waals surface area (Å²) < 4.78 is 32.1. The molecule has 5 rings (SSSR count). The molecule has 0 saturated heterocycles. The number of benzene rings is 2. The molecule has 2 aromatic rings. The van der Waals surface area contributed by atoms with Crippen LogP contribution in [-0.2, 0) is 9.09 Å². The third kappa shape index (κ3) is 8.32. The van der Waals surface area contributed by atoms with Crippen molar-refractivity contribution in [2.24, 2.45) is 35.0 Å². The zero-order chi connectivity index (χ0) is 32.0. The molecule has 6 atom stereocenters. The molecule has 5 heteroatoms. The van der Waals surface area contributed by atoms with Crippen LogP contribution >= 0.6 is 7.82 Å². The first kappa shape index (κ1) is 33.6. The van der Waals surface area contributed by atoms with Crippen molar-refractivity contribution in [3.8, 4) is 11.5 Å². The van der Waals surface area contributed by atoms with Gasteiger partial charge in [0.05, 0.1) is 6.10 Å². The molecule has 3 saturated carbocycles. The number of phosphoric acid groups is 1. The second-order valence-electron chi connectivity index (χ2n) is 14.2. The van der Waals surface area contributed by atoms with Gasteiger partial charge in [-0.25, -0.2) is 4.57 Å². The number of hydrogen-bond donors (Lipinski definition) is 0. The molecular formula is C40H53O4P. The first-order chi connectivity index (χ1) is 21.6. The summed E-state index contributed by atoms with van der Waals surface area (Å²) in [6.07, 6.45) is 17.8. The molecule has 0 N–H and O–H groups in total. The van der Waals surface area contributed by atoms with Gasteiger partial charge in [-0.3, -0.25) is 4.52 Å². The van der Waals surface area contributed by atoms with E-state index in [0.717, 1.165) is 24.3 Å². The molecule has 2 aromatic carbocycles. The number of phosphoric ester groups is 1. The van der Waals surface area contributed by atoms with Crippen LogP contribution in [0.3, 0.4) is 0 Å². The maximum Gasteiger partial charge on any atom is 0.587 e. The van der Waals surface area contributed by atoms with E-state index in [1.165, 1.54) is 37.7 Å². The van der Waals surface area contributed by atoms with Crippen molar-refractivity contribution in [1.29, 1.82) is 0 Å². The SMILES string of the molecule is C=C1CC[C@H](OP(=O)(Oc2ccccc2)Oc2ccccc2)C/C1=C/C=C1\CCC[C@]2(C)[C@@H]([C@H](C)/C=C/[C@H](C)C(C)C)CC[C@@H]12. The quantitative estimate of drug-likeness (QED) is 0.183. The highest BCUT2D eigenvalue weighted by molar-refractivity contribution is 7.49. The summed E-state index contributed by atoms with van der Waals surface area (Å²) in [5, 5.41) is 0. The Hall–Kier alpha value is -2.81. The van der Waals surface area contributed by atoms with E-state index in [4.69, 9.17) is 13.6 Å². The highest BCUT2D eigenvalue weighted by Crippen LogP contribution is 2.60. The minimum atomic E-state index is -3.96. The van der Waals surface area contributed by atoms with Gasteiger partial charge >= 0.3 is 7.82 Å². The van der Waals surface area contributed by atoms with E-state index in [1.807, 2.05) is 36.4 Å². The van der Waals surface area contributed by atoms with Crippen LogP contribution < -0.4 is 9.05 Å². The van der Waals surface area contributed by atoms with Gasteiger partial charge in [-0.2, -0.15) is 0 Å². The minimum Gasteiger partial charge on any atom is -0.395 e. The number of hydrogen-bond acceptors (Lipinski definition) is 4. The lowest BCUT2D eigenvalue weighted by Crippen LogP contribution is -2.35. The van der Waals surface area contributed by atoms with E-state index < -0.39 is 7.82 Å². The Morgan fingerprint density at radius 3 is 2.13 bits per heavy atom. The lowest BCUT2D eigenvalue weighted by atomic mass is 9.61. The summed E-state index contributed by atoms with van der Waals surface area (Å²) in [6.45, 7) is 16.4. The molecule has 0 aromatic heterocycles. The van der Waals surface area contributed by atoms with Crippen LogP contribution in [-0.4, -0.2) is 6.10 Å². The van der Waals surface area contributed by atoms with Crippen LogP contribution in [0.1, 0.15) is 86.0 Å². The van der Waals surface area contributed by atoms with Crippen molar-refractivity contribution in [1.82, 2.24) is 0 Å². The average Bonchev–Trinajstić information content (AvgIpc) is 3.38. The van der Waals surface area contributed by atoms with Crippen LogP contribution in [0, 0.1) is 35.0 Å². The van der Waals surface area contributed by atoms with Gasteiger partial charge in [0, 0.05) is 0 Å². The Balaban J connectivity index is 1.30. The maximum atomic E-state index is 14.1. The van der Waals surface area contributed by atoms with Crippen LogP contribution in [0.15, 0.2) is 108 Å². The van der Waals surface area contributed by atoms with Gasteiger partial charge in [0.25, 0.3) is 0 Å². The molecule has 0 heterocycles. The second kappa shape index (κ2) is 14.7.